The highest BCUT2D eigenvalue weighted by Gasteiger charge is 2.31. The molecule has 0 saturated heterocycles. The van der Waals surface area contributed by atoms with E-state index in [9.17, 15) is 9.59 Å². The van der Waals surface area contributed by atoms with Crippen molar-refractivity contribution < 1.29 is 19.1 Å². The van der Waals surface area contributed by atoms with E-state index < -0.39 is 23.7 Å². The first-order chi connectivity index (χ1) is 10.7. The highest BCUT2D eigenvalue weighted by atomic mass is 79.9. The van der Waals surface area contributed by atoms with E-state index in [0.717, 1.165) is 10.0 Å². The van der Waals surface area contributed by atoms with Crippen molar-refractivity contribution in [3.63, 3.8) is 0 Å². The predicted molar refractivity (Wildman–Crippen MR) is 92.3 cm³/mol. The Morgan fingerprint density at radius 2 is 1.87 bits per heavy atom. The average molecular weight is 386 g/mol. The third-order valence-electron chi connectivity index (χ3n) is 3.08. The SMILES string of the molecule is CCOC(=O)C(Cc1ccccc1Br)N(C)C(=O)OC(C)(C)C. The molecule has 1 aromatic carbocycles. The highest BCUT2D eigenvalue weighted by molar-refractivity contribution is 9.10. The van der Waals surface area contributed by atoms with Crippen LogP contribution in [0.5, 0.6) is 0 Å². The topological polar surface area (TPSA) is 55.8 Å². The number of carbonyl (C=O) groups excluding carboxylic acids is 2. The summed E-state index contributed by atoms with van der Waals surface area (Å²) in [5.41, 5.74) is 0.290. The Hall–Kier alpha value is -1.56. The van der Waals surface area contributed by atoms with Crippen LogP contribution in [-0.2, 0) is 20.7 Å². The lowest BCUT2D eigenvalue weighted by Gasteiger charge is -2.29. The molecule has 0 N–H and O–H groups in total. The first kappa shape index (κ1) is 19.5. The lowest BCUT2D eigenvalue weighted by atomic mass is 10.1. The minimum absolute atomic E-state index is 0.257. The normalized spacial score (nSPS) is 12.4. The highest BCUT2D eigenvalue weighted by Crippen LogP contribution is 2.20. The molecule has 23 heavy (non-hydrogen) atoms. The number of rotatable bonds is 5. The fourth-order valence-corrected chi connectivity index (χ4v) is 2.40. The lowest BCUT2D eigenvalue weighted by Crippen LogP contribution is -2.46. The van der Waals surface area contributed by atoms with Crippen molar-refractivity contribution in [1.82, 2.24) is 4.90 Å². The van der Waals surface area contributed by atoms with Gasteiger partial charge in [0.1, 0.15) is 11.6 Å². The Morgan fingerprint density at radius 1 is 1.26 bits per heavy atom. The molecule has 1 aromatic rings. The lowest BCUT2D eigenvalue weighted by molar-refractivity contribution is -0.148. The molecule has 0 saturated carbocycles. The zero-order valence-electron chi connectivity index (χ0n) is 14.3. The van der Waals surface area contributed by atoms with E-state index >= 15 is 0 Å². The van der Waals surface area contributed by atoms with E-state index in [1.165, 1.54) is 4.90 Å². The second-order valence-electron chi connectivity index (χ2n) is 6.15. The van der Waals surface area contributed by atoms with Gasteiger partial charge < -0.3 is 9.47 Å². The van der Waals surface area contributed by atoms with Gasteiger partial charge in [0.2, 0.25) is 0 Å². The smallest absolute Gasteiger partial charge is 0.410 e. The van der Waals surface area contributed by atoms with Crippen LogP contribution < -0.4 is 0 Å². The molecule has 0 spiro atoms. The number of nitrogens with zero attached hydrogens (tertiary/aromatic N) is 1. The largest absolute Gasteiger partial charge is 0.464 e. The van der Waals surface area contributed by atoms with Gasteiger partial charge in [-0.25, -0.2) is 9.59 Å². The van der Waals surface area contributed by atoms with Crippen LogP contribution in [0.3, 0.4) is 0 Å². The summed E-state index contributed by atoms with van der Waals surface area (Å²) in [5, 5.41) is 0. The summed E-state index contributed by atoms with van der Waals surface area (Å²) in [4.78, 5) is 25.8. The monoisotopic (exact) mass is 385 g/mol. The molecule has 1 rings (SSSR count). The van der Waals surface area contributed by atoms with Gasteiger partial charge in [0.15, 0.2) is 0 Å². The molecule has 0 bridgehead atoms. The molecule has 128 valence electrons. The van der Waals surface area contributed by atoms with Gasteiger partial charge in [0.05, 0.1) is 6.61 Å². The summed E-state index contributed by atoms with van der Waals surface area (Å²) in [7, 11) is 1.55. The number of likely N-dealkylation sites (N-methyl/N-ethyl adjacent to an activating group) is 1. The molecule has 5 nitrogen and oxygen atoms in total. The standard InChI is InChI=1S/C17H24BrNO4/c1-6-22-15(20)14(11-12-9-7-8-10-13(12)18)19(5)16(21)23-17(2,3)4/h7-10,14H,6,11H2,1-5H3. The molecule has 0 fully saturated rings. The Labute approximate surface area is 146 Å². The van der Waals surface area contributed by atoms with Crippen molar-refractivity contribution in [2.75, 3.05) is 13.7 Å². The van der Waals surface area contributed by atoms with Crippen molar-refractivity contribution in [1.29, 1.82) is 0 Å². The second-order valence-corrected chi connectivity index (χ2v) is 7.01. The van der Waals surface area contributed by atoms with Crippen LogP contribution in [0.15, 0.2) is 28.7 Å². The van der Waals surface area contributed by atoms with E-state index in [2.05, 4.69) is 15.9 Å². The van der Waals surface area contributed by atoms with Crippen LogP contribution >= 0.6 is 15.9 Å². The Morgan fingerprint density at radius 3 is 2.39 bits per heavy atom. The third kappa shape index (κ3) is 6.22. The number of benzene rings is 1. The van der Waals surface area contributed by atoms with Crippen molar-refractivity contribution in [2.24, 2.45) is 0 Å². The van der Waals surface area contributed by atoms with Crippen molar-refractivity contribution in [2.45, 2.75) is 45.8 Å². The molecule has 1 unspecified atom stereocenters. The van der Waals surface area contributed by atoms with E-state index in [-0.39, 0.29) is 6.61 Å². The molecule has 0 aliphatic heterocycles. The maximum Gasteiger partial charge on any atom is 0.410 e. The van der Waals surface area contributed by atoms with Gasteiger partial charge in [-0.2, -0.15) is 0 Å². The molecule has 6 heteroatoms. The molecule has 1 atom stereocenters. The molecule has 0 radical (unpaired) electrons. The van der Waals surface area contributed by atoms with Crippen LogP contribution in [0.1, 0.15) is 33.3 Å². The summed E-state index contributed by atoms with van der Waals surface area (Å²) in [6.07, 6.45) is -0.210. The third-order valence-corrected chi connectivity index (χ3v) is 3.85. The maximum atomic E-state index is 12.3. The first-order valence-electron chi connectivity index (χ1n) is 7.51. The average Bonchev–Trinajstić information content (AvgIpc) is 2.44. The van der Waals surface area contributed by atoms with E-state index in [1.54, 1.807) is 34.7 Å². The van der Waals surface area contributed by atoms with Crippen LogP contribution in [0.4, 0.5) is 4.79 Å². The number of hydrogen-bond acceptors (Lipinski definition) is 4. The summed E-state index contributed by atoms with van der Waals surface area (Å²) < 4.78 is 11.3. The number of hydrogen-bond donors (Lipinski definition) is 0. The fraction of sp³-hybridized carbons (Fsp3) is 0.529. The van der Waals surface area contributed by atoms with E-state index in [1.807, 2.05) is 24.3 Å². The molecule has 1 amide bonds. The summed E-state index contributed by atoms with van der Waals surface area (Å²) in [5.74, 6) is -0.448. The fourth-order valence-electron chi connectivity index (χ4n) is 1.95. The van der Waals surface area contributed by atoms with E-state index in [0.29, 0.717) is 6.42 Å². The van der Waals surface area contributed by atoms with Crippen molar-refractivity contribution in [3.8, 4) is 0 Å². The number of esters is 1. The van der Waals surface area contributed by atoms with Gasteiger partial charge >= 0.3 is 12.1 Å². The summed E-state index contributed by atoms with van der Waals surface area (Å²) >= 11 is 3.46. The molecular formula is C17H24BrNO4. The van der Waals surface area contributed by atoms with Gasteiger partial charge in [0.25, 0.3) is 0 Å². The number of carbonyl (C=O) groups is 2. The maximum absolute atomic E-state index is 12.3. The first-order valence-corrected chi connectivity index (χ1v) is 8.31. The zero-order chi connectivity index (χ0) is 17.6. The number of ether oxygens (including phenoxy) is 2. The van der Waals surface area contributed by atoms with Crippen LogP contribution in [0.2, 0.25) is 0 Å². The summed E-state index contributed by atoms with van der Waals surface area (Å²) in [6.45, 7) is 7.35. The van der Waals surface area contributed by atoms with Crippen molar-refractivity contribution >= 4 is 28.0 Å². The second kappa shape index (κ2) is 8.34. The molecular weight excluding hydrogens is 362 g/mol. The molecule has 0 aliphatic carbocycles. The zero-order valence-corrected chi connectivity index (χ0v) is 15.8. The van der Waals surface area contributed by atoms with Crippen molar-refractivity contribution in [3.05, 3.63) is 34.3 Å². The van der Waals surface area contributed by atoms with Gasteiger partial charge in [-0.15, -0.1) is 0 Å². The van der Waals surface area contributed by atoms with Crippen LogP contribution in [0.25, 0.3) is 0 Å². The summed E-state index contributed by atoms with van der Waals surface area (Å²) in [6, 6.07) is 6.83. The van der Waals surface area contributed by atoms with Crippen LogP contribution in [-0.4, -0.2) is 42.3 Å². The Kier molecular flexibility index (Phi) is 7.06. The van der Waals surface area contributed by atoms with E-state index in [4.69, 9.17) is 9.47 Å². The minimum atomic E-state index is -0.747. The number of amides is 1. The number of halogens is 1. The molecule has 0 aromatic heterocycles. The quantitative estimate of drug-likeness (QED) is 0.723. The predicted octanol–water partition coefficient (Wildman–Crippen LogP) is 3.79. The molecule has 0 aliphatic rings. The van der Waals surface area contributed by atoms with Crippen LogP contribution in [0, 0.1) is 0 Å². The van der Waals surface area contributed by atoms with Gasteiger partial charge in [-0.3, -0.25) is 4.90 Å². The van der Waals surface area contributed by atoms with Gasteiger partial charge in [0, 0.05) is 17.9 Å². The van der Waals surface area contributed by atoms with Gasteiger partial charge in [-0.05, 0) is 39.3 Å². The Bertz CT molecular complexity index is 554. The Balaban J connectivity index is 2.98. The van der Waals surface area contributed by atoms with Gasteiger partial charge in [-0.1, -0.05) is 34.1 Å². The minimum Gasteiger partial charge on any atom is -0.464 e. The molecule has 0 heterocycles.